The monoisotopic (exact) mass is 397 g/mol. The standard InChI is InChI=1S/C17H10Cl3NO4/c18-10-6-12(20)13(7-11(10)19)21-16(22)8-24-17(23)15-5-9-3-1-2-4-14(9)25-15/h1-7H,8H2,(H,21,22). The number of halogens is 3. The average Bonchev–Trinajstić information content (AvgIpc) is 3.02. The van der Waals surface area contributed by atoms with Crippen LogP contribution in [-0.4, -0.2) is 18.5 Å². The van der Waals surface area contributed by atoms with Crippen LogP contribution in [0.25, 0.3) is 11.0 Å². The van der Waals surface area contributed by atoms with Gasteiger partial charge in [-0.15, -0.1) is 0 Å². The van der Waals surface area contributed by atoms with E-state index in [2.05, 4.69) is 5.32 Å². The van der Waals surface area contributed by atoms with Crippen LogP contribution >= 0.6 is 34.8 Å². The second-order valence-corrected chi connectivity index (χ2v) is 6.24. The zero-order valence-corrected chi connectivity index (χ0v) is 14.8. The van der Waals surface area contributed by atoms with Gasteiger partial charge in [0, 0.05) is 5.39 Å². The number of para-hydroxylation sites is 1. The van der Waals surface area contributed by atoms with Crippen LogP contribution in [0.3, 0.4) is 0 Å². The summed E-state index contributed by atoms with van der Waals surface area (Å²) < 4.78 is 10.3. The third kappa shape index (κ3) is 4.07. The van der Waals surface area contributed by atoms with E-state index in [1.54, 1.807) is 24.3 Å². The maximum atomic E-state index is 12.0. The highest BCUT2D eigenvalue weighted by Crippen LogP contribution is 2.32. The summed E-state index contributed by atoms with van der Waals surface area (Å²) >= 11 is 17.7. The van der Waals surface area contributed by atoms with Crippen molar-refractivity contribution in [1.82, 2.24) is 0 Å². The summed E-state index contributed by atoms with van der Waals surface area (Å²) in [6.45, 7) is -0.507. The molecule has 1 N–H and O–H groups in total. The number of anilines is 1. The molecule has 1 heterocycles. The average molecular weight is 399 g/mol. The summed E-state index contributed by atoms with van der Waals surface area (Å²) in [7, 11) is 0. The van der Waals surface area contributed by atoms with E-state index in [1.165, 1.54) is 12.1 Å². The lowest BCUT2D eigenvalue weighted by Crippen LogP contribution is -2.21. The second kappa shape index (κ2) is 7.35. The SMILES string of the molecule is O=C(COC(=O)c1cc2ccccc2o1)Nc1cc(Cl)c(Cl)cc1Cl. The van der Waals surface area contributed by atoms with Crippen LogP contribution < -0.4 is 5.32 Å². The molecule has 0 unspecified atom stereocenters. The number of carbonyl (C=O) groups is 2. The van der Waals surface area contributed by atoms with Crippen LogP contribution in [0.2, 0.25) is 15.1 Å². The summed E-state index contributed by atoms with van der Waals surface area (Å²) in [5.41, 5.74) is 0.822. The van der Waals surface area contributed by atoms with E-state index in [4.69, 9.17) is 44.0 Å². The second-order valence-electron chi connectivity index (χ2n) is 5.02. The Bertz CT molecular complexity index is 935. The first-order valence-corrected chi connectivity index (χ1v) is 8.17. The number of furan rings is 1. The lowest BCUT2D eigenvalue weighted by molar-refractivity contribution is -0.119. The van der Waals surface area contributed by atoms with Gasteiger partial charge in [-0.1, -0.05) is 53.0 Å². The molecule has 1 amide bonds. The van der Waals surface area contributed by atoms with Crippen molar-refractivity contribution < 1.29 is 18.7 Å². The fourth-order valence-electron chi connectivity index (χ4n) is 2.09. The minimum absolute atomic E-state index is 0.0153. The molecule has 0 bridgehead atoms. The van der Waals surface area contributed by atoms with Gasteiger partial charge < -0.3 is 14.5 Å². The molecule has 0 spiro atoms. The van der Waals surface area contributed by atoms with E-state index in [0.29, 0.717) is 5.58 Å². The molecule has 3 aromatic rings. The van der Waals surface area contributed by atoms with Gasteiger partial charge in [-0.3, -0.25) is 4.79 Å². The summed E-state index contributed by atoms with van der Waals surface area (Å²) in [6.07, 6.45) is 0. The number of carbonyl (C=O) groups excluding carboxylic acids is 2. The number of hydrogen-bond acceptors (Lipinski definition) is 4. The van der Waals surface area contributed by atoms with Gasteiger partial charge in [0.15, 0.2) is 6.61 Å². The van der Waals surface area contributed by atoms with Crippen molar-refractivity contribution in [3.63, 3.8) is 0 Å². The fourth-order valence-corrected chi connectivity index (χ4v) is 2.68. The van der Waals surface area contributed by atoms with Crippen molar-refractivity contribution in [2.75, 3.05) is 11.9 Å². The summed E-state index contributed by atoms with van der Waals surface area (Å²) in [5.74, 6) is -1.31. The Balaban J connectivity index is 1.62. The van der Waals surface area contributed by atoms with E-state index in [9.17, 15) is 9.59 Å². The first-order chi connectivity index (χ1) is 11.9. The van der Waals surface area contributed by atoms with Gasteiger partial charge >= 0.3 is 5.97 Å². The van der Waals surface area contributed by atoms with Crippen LogP contribution in [-0.2, 0) is 9.53 Å². The number of amides is 1. The van der Waals surface area contributed by atoms with Crippen LogP contribution in [0.1, 0.15) is 10.6 Å². The third-order valence-electron chi connectivity index (χ3n) is 3.25. The van der Waals surface area contributed by atoms with Crippen molar-refractivity contribution in [3.05, 3.63) is 63.3 Å². The molecule has 0 radical (unpaired) electrons. The maximum Gasteiger partial charge on any atom is 0.374 e. The van der Waals surface area contributed by atoms with Gasteiger partial charge in [-0.2, -0.15) is 0 Å². The molecule has 0 saturated carbocycles. The van der Waals surface area contributed by atoms with Gasteiger partial charge in [0.25, 0.3) is 5.91 Å². The Morgan fingerprint density at radius 2 is 1.72 bits per heavy atom. The summed E-state index contributed by atoms with van der Waals surface area (Å²) in [5, 5.41) is 3.97. The predicted molar refractivity (Wildman–Crippen MR) is 96.6 cm³/mol. The molecule has 0 aliphatic carbocycles. The van der Waals surface area contributed by atoms with Gasteiger partial charge in [0.2, 0.25) is 5.76 Å². The minimum atomic E-state index is -0.744. The highest BCUT2D eigenvalue weighted by atomic mass is 35.5. The van der Waals surface area contributed by atoms with Crippen molar-refractivity contribution in [2.24, 2.45) is 0 Å². The number of nitrogens with one attached hydrogen (secondary N) is 1. The van der Waals surface area contributed by atoms with Gasteiger partial charge in [-0.25, -0.2) is 4.79 Å². The predicted octanol–water partition coefficient (Wildman–Crippen LogP) is 5.19. The lowest BCUT2D eigenvalue weighted by Gasteiger charge is -2.08. The number of ether oxygens (including phenoxy) is 1. The molecular weight excluding hydrogens is 389 g/mol. The third-order valence-corrected chi connectivity index (χ3v) is 4.28. The zero-order chi connectivity index (χ0) is 18.0. The van der Waals surface area contributed by atoms with Crippen LogP contribution in [0, 0.1) is 0 Å². The van der Waals surface area contributed by atoms with E-state index in [-0.39, 0.29) is 26.5 Å². The molecule has 0 aliphatic heterocycles. The molecule has 0 fully saturated rings. The van der Waals surface area contributed by atoms with Crippen molar-refractivity contribution in [1.29, 1.82) is 0 Å². The van der Waals surface area contributed by atoms with Gasteiger partial charge in [0.05, 0.1) is 20.8 Å². The van der Waals surface area contributed by atoms with Gasteiger partial charge in [0.1, 0.15) is 5.58 Å². The quantitative estimate of drug-likeness (QED) is 0.485. The Labute approximate surface area is 157 Å². The molecule has 0 aliphatic rings. The Hall–Kier alpha value is -2.21. The molecule has 128 valence electrons. The Morgan fingerprint density at radius 3 is 2.48 bits per heavy atom. The topological polar surface area (TPSA) is 68.5 Å². The molecule has 2 aromatic carbocycles. The highest BCUT2D eigenvalue weighted by molar-refractivity contribution is 6.44. The normalized spacial score (nSPS) is 10.7. The largest absolute Gasteiger partial charge is 0.450 e. The summed E-state index contributed by atoms with van der Waals surface area (Å²) in [6, 6.07) is 11.5. The number of fused-ring (bicyclic) bond motifs is 1. The van der Waals surface area contributed by atoms with Crippen LogP contribution in [0.15, 0.2) is 46.9 Å². The lowest BCUT2D eigenvalue weighted by atomic mass is 10.2. The number of benzene rings is 2. The Kier molecular flexibility index (Phi) is 5.18. The fraction of sp³-hybridized carbons (Fsp3) is 0.0588. The molecule has 5 nitrogen and oxygen atoms in total. The van der Waals surface area contributed by atoms with Crippen LogP contribution in [0.4, 0.5) is 5.69 Å². The minimum Gasteiger partial charge on any atom is -0.450 e. The molecular formula is C17H10Cl3NO4. The molecule has 0 atom stereocenters. The molecule has 3 rings (SSSR count). The van der Waals surface area contributed by atoms with E-state index < -0.39 is 18.5 Å². The molecule has 8 heteroatoms. The summed E-state index contributed by atoms with van der Waals surface area (Å²) in [4.78, 5) is 23.9. The first kappa shape index (κ1) is 17.6. The first-order valence-electron chi connectivity index (χ1n) is 7.04. The molecule has 1 aromatic heterocycles. The molecule has 25 heavy (non-hydrogen) atoms. The van der Waals surface area contributed by atoms with Crippen molar-refractivity contribution in [3.8, 4) is 0 Å². The zero-order valence-electron chi connectivity index (χ0n) is 12.5. The van der Waals surface area contributed by atoms with Crippen molar-refractivity contribution >= 4 is 63.3 Å². The van der Waals surface area contributed by atoms with Gasteiger partial charge in [-0.05, 0) is 24.3 Å². The number of hydrogen-bond donors (Lipinski definition) is 1. The van der Waals surface area contributed by atoms with E-state index in [1.807, 2.05) is 6.07 Å². The number of esters is 1. The van der Waals surface area contributed by atoms with E-state index >= 15 is 0 Å². The Morgan fingerprint density at radius 1 is 1.00 bits per heavy atom. The smallest absolute Gasteiger partial charge is 0.374 e. The molecule has 0 saturated heterocycles. The van der Waals surface area contributed by atoms with E-state index in [0.717, 1.165) is 5.39 Å². The number of rotatable bonds is 4. The highest BCUT2D eigenvalue weighted by Gasteiger charge is 2.16. The van der Waals surface area contributed by atoms with Crippen molar-refractivity contribution in [2.45, 2.75) is 0 Å². The maximum absolute atomic E-state index is 12.0. The van der Waals surface area contributed by atoms with Crippen LogP contribution in [0.5, 0.6) is 0 Å².